The fourth-order valence-corrected chi connectivity index (χ4v) is 2.90. The molecular weight excluding hydrogens is 244 g/mol. The lowest BCUT2D eigenvalue weighted by atomic mass is 10.1. The van der Waals surface area contributed by atoms with E-state index < -0.39 is 5.97 Å². The fourth-order valence-electron chi connectivity index (χ4n) is 2.90. The second kappa shape index (κ2) is 5.35. The van der Waals surface area contributed by atoms with Crippen molar-refractivity contribution in [2.75, 3.05) is 27.2 Å². The number of aromatic carboxylic acids is 1. The molecule has 1 aromatic rings. The summed E-state index contributed by atoms with van der Waals surface area (Å²) in [7, 11) is 4.20. The van der Waals surface area contributed by atoms with Crippen LogP contribution >= 0.6 is 0 Å². The van der Waals surface area contributed by atoms with Gasteiger partial charge in [-0.1, -0.05) is 6.92 Å². The Balaban J connectivity index is 2.03. The van der Waals surface area contributed by atoms with Crippen molar-refractivity contribution in [1.82, 2.24) is 9.80 Å². The highest BCUT2D eigenvalue weighted by atomic mass is 16.4. The first-order chi connectivity index (χ1) is 8.88. The van der Waals surface area contributed by atoms with E-state index in [1.165, 1.54) is 0 Å². The Morgan fingerprint density at radius 1 is 1.53 bits per heavy atom. The molecule has 106 valence electrons. The Labute approximate surface area is 113 Å². The molecule has 5 heteroatoms. The monoisotopic (exact) mass is 266 g/mol. The maximum Gasteiger partial charge on any atom is 0.339 e. The molecule has 0 spiro atoms. The van der Waals surface area contributed by atoms with Crippen LogP contribution in [0.15, 0.2) is 10.5 Å². The predicted octanol–water partition coefficient (Wildman–Crippen LogP) is 1.67. The molecule has 0 aromatic carbocycles. The number of likely N-dealkylation sites (N-methyl/N-ethyl adjacent to an activating group) is 1. The molecule has 1 fully saturated rings. The van der Waals surface area contributed by atoms with Gasteiger partial charge in [0.2, 0.25) is 0 Å². The highest BCUT2D eigenvalue weighted by Gasteiger charge is 2.31. The first-order valence-corrected chi connectivity index (χ1v) is 6.60. The molecule has 1 aromatic heterocycles. The number of furan rings is 1. The van der Waals surface area contributed by atoms with E-state index >= 15 is 0 Å². The van der Waals surface area contributed by atoms with E-state index in [9.17, 15) is 4.79 Å². The van der Waals surface area contributed by atoms with Crippen molar-refractivity contribution in [1.29, 1.82) is 0 Å². The molecule has 2 rings (SSSR count). The van der Waals surface area contributed by atoms with E-state index in [-0.39, 0.29) is 5.56 Å². The highest BCUT2D eigenvalue weighted by molar-refractivity contribution is 5.88. The van der Waals surface area contributed by atoms with Crippen LogP contribution in [-0.2, 0) is 6.54 Å². The van der Waals surface area contributed by atoms with Gasteiger partial charge in [0, 0.05) is 19.1 Å². The lowest BCUT2D eigenvalue weighted by molar-refractivity contribution is 0.0695. The van der Waals surface area contributed by atoms with E-state index in [1.807, 2.05) is 0 Å². The zero-order chi connectivity index (χ0) is 14.2. The van der Waals surface area contributed by atoms with Crippen molar-refractivity contribution in [3.05, 3.63) is 23.2 Å². The first kappa shape index (κ1) is 14.1. The number of likely N-dealkylation sites (tertiary alicyclic amines) is 1. The van der Waals surface area contributed by atoms with Crippen LogP contribution in [0.3, 0.4) is 0 Å². The Morgan fingerprint density at radius 2 is 2.21 bits per heavy atom. The molecule has 2 heterocycles. The van der Waals surface area contributed by atoms with E-state index in [0.717, 1.165) is 18.8 Å². The molecule has 1 aliphatic heterocycles. The van der Waals surface area contributed by atoms with Gasteiger partial charge in [0.25, 0.3) is 0 Å². The normalized spacial score (nSPS) is 24.3. The van der Waals surface area contributed by atoms with Gasteiger partial charge in [0.15, 0.2) is 0 Å². The summed E-state index contributed by atoms with van der Waals surface area (Å²) in [6.45, 7) is 6.65. The molecule has 0 radical (unpaired) electrons. The van der Waals surface area contributed by atoms with E-state index in [1.54, 1.807) is 13.0 Å². The van der Waals surface area contributed by atoms with E-state index in [2.05, 4.69) is 30.8 Å². The number of nitrogens with zero attached hydrogens (tertiary/aromatic N) is 2. The van der Waals surface area contributed by atoms with E-state index in [4.69, 9.17) is 9.52 Å². The second-order valence-corrected chi connectivity index (χ2v) is 5.69. The van der Waals surface area contributed by atoms with E-state index in [0.29, 0.717) is 24.3 Å². The summed E-state index contributed by atoms with van der Waals surface area (Å²) in [4.78, 5) is 15.6. The van der Waals surface area contributed by atoms with Crippen molar-refractivity contribution >= 4 is 5.97 Å². The average Bonchev–Trinajstić information content (AvgIpc) is 2.82. The summed E-state index contributed by atoms with van der Waals surface area (Å²) in [6, 6.07) is 2.20. The molecule has 5 nitrogen and oxygen atoms in total. The summed E-state index contributed by atoms with van der Waals surface area (Å²) in [5.41, 5.74) is 0.270. The molecule has 0 bridgehead atoms. The molecule has 0 aliphatic carbocycles. The molecule has 1 N–H and O–H groups in total. The van der Waals surface area contributed by atoms with Gasteiger partial charge in [-0.15, -0.1) is 0 Å². The maximum absolute atomic E-state index is 11.0. The van der Waals surface area contributed by atoms with Crippen LogP contribution in [0.5, 0.6) is 0 Å². The number of carboxylic acids is 1. The molecule has 0 amide bonds. The topological polar surface area (TPSA) is 56.9 Å². The van der Waals surface area contributed by atoms with Crippen molar-refractivity contribution in [3.8, 4) is 0 Å². The number of carboxylic acid groups (broad SMARTS) is 1. The molecule has 2 atom stereocenters. The average molecular weight is 266 g/mol. The summed E-state index contributed by atoms with van der Waals surface area (Å²) in [5.74, 6) is 0.916. The molecular formula is C14H22N2O3. The number of hydrogen-bond donors (Lipinski definition) is 1. The minimum absolute atomic E-state index is 0.270. The van der Waals surface area contributed by atoms with Gasteiger partial charge in [-0.3, -0.25) is 4.90 Å². The Hall–Kier alpha value is -1.33. The summed E-state index contributed by atoms with van der Waals surface area (Å²) in [5, 5.41) is 9.02. The van der Waals surface area contributed by atoms with Crippen LogP contribution < -0.4 is 0 Å². The molecule has 1 aliphatic rings. The number of rotatable bonds is 4. The Morgan fingerprint density at radius 3 is 2.68 bits per heavy atom. The first-order valence-electron chi connectivity index (χ1n) is 6.60. The van der Waals surface area contributed by atoms with Gasteiger partial charge in [-0.05, 0) is 33.0 Å². The number of carbonyl (C=O) groups is 1. The standard InChI is InChI=1S/C14H22N2O3/c1-9-6-16(8-13(9)15(3)4)7-11-5-12(14(17)18)10(2)19-11/h5,9,13H,6-8H2,1-4H3,(H,17,18). The van der Waals surface area contributed by atoms with Crippen LogP contribution in [0, 0.1) is 12.8 Å². The van der Waals surface area contributed by atoms with Gasteiger partial charge in [-0.2, -0.15) is 0 Å². The fraction of sp³-hybridized carbons (Fsp3) is 0.643. The lowest BCUT2D eigenvalue weighted by Gasteiger charge is -2.22. The van der Waals surface area contributed by atoms with Crippen molar-refractivity contribution in [2.45, 2.75) is 26.4 Å². The minimum Gasteiger partial charge on any atom is -0.478 e. The quantitative estimate of drug-likeness (QED) is 0.898. The van der Waals surface area contributed by atoms with Gasteiger partial charge in [0.05, 0.1) is 6.54 Å². The van der Waals surface area contributed by atoms with Crippen LogP contribution in [-0.4, -0.2) is 54.1 Å². The third-order valence-corrected chi connectivity index (χ3v) is 3.89. The zero-order valence-corrected chi connectivity index (χ0v) is 12.0. The van der Waals surface area contributed by atoms with Crippen molar-refractivity contribution in [3.63, 3.8) is 0 Å². The molecule has 0 saturated carbocycles. The smallest absolute Gasteiger partial charge is 0.339 e. The summed E-state index contributed by atoms with van der Waals surface area (Å²) < 4.78 is 5.53. The van der Waals surface area contributed by atoms with Crippen LogP contribution in [0.4, 0.5) is 0 Å². The largest absolute Gasteiger partial charge is 0.478 e. The summed E-state index contributed by atoms with van der Waals surface area (Å²) >= 11 is 0. The highest BCUT2D eigenvalue weighted by Crippen LogP contribution is 2.23. The molecule has 19 heavy (non-hydrogen) atoms. The van der Waals surface area contributed by atoms with Gasteiger partial charge in [-0.25, -0.2) is 4.79 Å². The third kappa shape index (κ3) is 2.98. The third-order valence-electron chi connectivity index (χ3n) is 3.89. The van der Waals surface area contributed by atoms with Gasteiger partial charge in [0.1, 0.15) is 17.1 Å². The Kier molecular flexibility index (Phi) is 3.96. The number of aryl methyl sites for hydroxylation is 1. The molecule has 2 unspecified atom stereocenters. The van der Waals surface area contributed by atoms with Gasteiger partial charge >= 0.3 is 5.97 Å². The SMILES string of the molecule is Cc1oc(CN2CC(C)C(N(C)C)C2)cc1C(=O)O. The van der Waals surface area contributed by atoms with Crippen LogP contribution in [0.2, 0.25) is 0 Å². The second-order valence-electron chi connectivity index (χ2n) is 5.69. The van der Waals surface area contributed by atoms with Crippen molar-refractivity contribution in [2.24, 2.45) is 5.92 Å². The zero-order valence-electron chi connectivity index (χ0n) is 12.0. The predicted molar refractivity (Wildman–Crippen MR) is 72.3 cm³/mol. The minimum atomic E-state index is -0.923. The van der Waals surface area contributed by atoms with Crippen LogP contribution in [0.25, 0.3) is 0 Å². The summed E-state index contributed by atoms with van der Waals surface area (Å²) in [6.07, 6.45) is 0. The lowest BCUT2D eigenvalue weighted by Crippen LogP contribution is -2.34. The van der Waals surface area contributed by atoms with Crippen molar-refractivity contribution < 1.29 is 14.3 Å². The number of hydrogen-bond acceptors (Lipinski definition) is 4. The van der Waals surface area contributed by atoms with Gasteiger partial charge < -0.3 is 14.4 Å². The van der Waals surface area contributed by atoms with Crippen LogP contribution in [0.1, 0.15) is 28.8 Å². The Bertz CT molecular complexity index is 467. The molecule has 1 saturated heterocycles. The maximum atomic E-state index is 11.0.